The summed E-state index contributed by atoms with van der Waals surface area (Å²) in [5.74, 6) is 1.36. The van der Waals surface area contributed by atoms with Crippen LogP contribution in [-0.4, -0.2) is 49.7 Å². The molecule has 8 heteroatoms. The number of nitrogens with zero attached hydrogens (tertiary/aromatic N) is 2. The summed E-state index contributed by atoms with van der Waals surface area (Å²) in [6, 6.07) is 8.27. The maximum Gasteiger partial charge on any atom is 0.269 e. The zero-order chi connectivity index (χ0) is 21.7. The summed E-state index contributed by atoms with van der Waals surface area (Å²) in [6.45, 7) is 8.31. The second-order valence-corrected chi connectivity index (χ2v) is 7.58. The van der Waals surface area contributed by atoms with Gasteiger partial charge in [0.1, 0.15) is 6.61 Å². The molecule has 7 nitrogen and oxygen atoms in total. The van der Waals surface area contributed by atoms with Crippen molar-refractivity contribution in [1.82, 2.24) is 10.2 Å². The molecule has 1 aliphatic heterocycles. The summed E-state index contributed by atoms with van der Waals surface area (Å²) in [6.07, 6.45) is 0.828. The van der Waals surface area contributed by atoms with Crippen LogP contribution in [0.25, 0.3) is 0 Å². The van der Waals surface area contributed by atoms with Gasteiger partial charge in [-0.3, -0.25) is 10.1 Å². The molecule has 0 radical (unpaired) electrons. The zero-order valence-electron chi connectivity index (χ0n) is 17.6. The Morgan fingerprint density at radius 2 is 1.97 bits per heavy atom. The van der Waals surface area contributed by atoms with Gasteiger partial charge in [-0.25, -0.2) is 0 Å². The third kappa shape index (κ3) is 4.86. The predicted molar refractivity (Wildman–Crippen MR) is 118 cm³/mol. The van der Waals surface area contributed by atoms with E-state index in [-0.39, 0.29) is 11.7 Å². The van der Waals surface area contributed by atoms with Crippen molar-refractivity contribution in [2.75, 3.05) is 39.9 Å². The first-order chi connectivity index (χ1) is 14.5. The molecule has 3 rings (SSSR count). The molecule has 1 aliphatic rings. The average molecular weight is 434 g/mol. The van der Waals surface area contributed by atoms with Gasteiger partial charge in [0.15, 0.2) is 11.5 Å². The lowest BCUT2D eigenvalue weighted by molar-refractivity contribution is -0.384. The smallest absolute Gasteiger partial charge is 0.269 e. The molecule has 0 aromatic heterocycles. The summed E-state index contributed by atoms with van der Waals surface area (Å²) in [4.78, 5) is 13.1. The Morgan fingerprint density at radius 3 is 2.63 bits per heavy atom. The Morgan fingerprint density at radius 1 is 1.20 bits per heavy atom. The van der Waals surface area contributed by atoms with Crippen LogP contribution in [0.3, 0.4) is 0 Å². The Kier molecular flexibility index (Phi) is 7.53. The fraction of sp³-hybridized carbons (Fsp3) is 0.455. The van der Waals surface area contributed by atoms with Crippen molar-refractivity contribution in [3.05, 3.63) is 62.2 Å². The van der Waals surface area contributed by atoms with Crippen molar-refractivity contribution in [1.29, 1.82) is 0 Å². The third-order valence-electron chi connectivity index (χ3n) is 5.54. The molecule has 1 atom stereocenters. The minimum absolute atomic E-state index is 0.0209. The second kappa shape index (κ2) is 10.1. The molecule has 0 spiro atoms. The van der Waals surface area contributed by atoms with E-state index < -0.39 is 4.92 Å². The molecule has 2 aromatic rings. The van der Waals surface area contributed by atoms with E-state index in [2.05, 4.69) is 24.1 Å². The molecular weight excluding hydrogens is 406 g/mol. The van der Waals surface area contributed by atoms with Crippen LogP contribution in [0.15, 0.2) is 30.3 Å². The van der Waals surface area contributed by atoms with Gasteiger partial charge in [0.25, 0.3) is 5.69 Å². The number of nitro benzene ring substituents is 1. The lowest BCUT2D eigenvalue weighted by atomic mass is 9.89. The van der Waals surface area contributed by atoms with Gasteiger partial charge in [-0.15, -0.1) is 0 Å². The highest BCUT2D eigenvalue weighted by Gasteiger charge is 2.27. The Hall–Kier alpha value is -2.35. The summed E-state index contributed by atoms with van der Waals surface area (Å²) in [5, 5.41) is 15.2. The molecule has 0 amide bonds. The monoisotopic (exact) mass is 433 g/mol. The number of likely N-dealkylation sites (N-methyl/N-ethyl adjacent to an activating group) is 1. The topological polar surface area (TPSA) is 76.9 Å². The number of hydrogen-bond donors (Lipinski definition) is 1. The van der Waals surface area contributed by atoms with Crippen molar-refractivity contribution in [3.8, 4) is 11.5 Å². The fourth-order valence-corrected chi connectivity index (χ4v) is 4.03. The summed E-state index contributed by atoms with van der Waals surface area (Å²) < 4.78 is 11.6. The van der Waals surface area contributed by atoms with Crippen LogP contribution in [0.1, 0.15) is 36.6 Å². The molecule has 0 aliphatic carbocycles. The number of ether oxygens (including phenoxy) is 2. The van der Waals surface area contributed by atoms with Gasteiger partial charge >= 0.3 is 0 Å². The van der Waals surface area contributed by atoms with Crippen LogP contribution < -0.4 is 14.8 Å². The summed E-state index contributed by atoms with van der Waals surface area (Å²) >= 11 is 6.43. The normalized spacial score (nSPS) is 15.7. The van der Waals surface area contributed by atoms with Crippen molar-refractivity contribution in [2.45, 2.75) is 26.3 Å². The second-order valence-electron chi connectivity index (χ2n) is 7.18. The number of nitrogens with one attached hydrogen (secondary N) is 1. The zero-order valence-corrected chi connectivity index (χ0v) is 18.4. The van der Waals surface area contributed by atoms with E-state index >= 15 is 0 Å². The van der Waals surface area contributed by atoms with E-state index in [9.17, 15) is 10.1 Å². The van der Waals surface area contributed by atoms with Gasteiger partial charge in [-0.2, -0.15) is 0 Å². The number of methoxy groups -OCH3 is 1. The van der Waals surface area contributed by atoms with Crippen LogP contribution in [-0.2, 0) is 6.42 Å². The predicted octanol–water partition coefficient (Wildman–Crippen LogP) is 4.21. The maximum atomic E-state index is 11.3. The molecule has 0 bridgehead atoms. The van der Waals surface area contributed by atoms with Crippen LogP contribution >= 0.6 is 11.6 Å². The number of rotatable bonds is 9. The van der Waals surface area contributed by atoms with E-state index in [1.807, 2.05) is 12.1 Å². The highest BCUT2D eigenvalue weighted by atomic mass is 35.5. The fourth-order valence-electron chi connectivity index (χ4n) is 3.80. The number of nitro groups is 1. The van der Waals surface area contributed by atoms with Gasteiger partial charge in [-0.05, 0) is 54.4 Å². The molecule has 1 unspecified atom stereocenters. The first-order valence-electron chi connectivity index (χ1n) is 10.2. The van der Waals surface area contributed by atoms with Crippen molar-refractivity contribution >= 4 is 17.3 Å². The average Bonchev–Trinajstić information content (AvgIpc) is 2.76. The molecule has 1 N–H and O–H groups in total. The van der Waals surface area contributed by atoms with E-state index in [1.54, 1.807) is 19.2 Å². The van der Waals surface area contributed by atoms with Crippen molar-refractivity contribution < 1.29 is 14.4 Å². The minimum atomic E-state index is -0.403. The molecule has 2 aromatic carbocycles. The number of halogens is 1. The molecule has 30 heavy (non-hydrogen) atoms. The van der Waals surface area contributed by atoms with Crippen LogP contribution in [0.4, 0.5) is 5.69 Å². The summed E-state index contributed by atoms with van der Waals surface area (Å²) in [5.41, 5.74) is 2.83. The lowest BCUT2D eigenvalue weighted by Crippen LogP contribution is -2.31. The Balaban J connectivity index is 1.94. The third-order valence-corrected chi connectivity index (χ3v) is 5.88. The van der Waals surface area contributed by atoms with Crippen LogP contribution in [0.2, 0.25) is 5.02 Å². The molecule has 0 saturated carbocycles. The van der Waals surface area contributed by atoms with Gasteiger partial charge in [-0.1, -0.05) is 25.4 Å². The van der Waals surface area contributed by atoms with E-state index in [0.29, 0.717) is 28.7 Å². The van der Waals surface area contributed by atoms with E-state index in [1.165, 1.54) is 6.07 Å². The molecular formula is C22H28ClN3O4. The minimum Gasteiger partial charge on any atom is -0.493 e. The van der Waals surface area contributed by atoms with Gasteiger partial charge in [0, 0.05) is 30.2 Å². The highest BCUT2D eigenvalue weighted by molar-refractivity contribution is 6.31. The SMILES string of the molecule is CCN(CC)CCOc1cc2c(cc1OC)CCNC2c1cc([N+](=O)[O-])ccc1Cl. The Bertz CT molecular complexity index is 902. The molecule has 0 saturated heterocycles. The largest absolute Gasteiger partial charge is 0.493 e. The van der Waals surface area contributed by atoms with Crippen LogP contribution in [0.5, 0.6) is 11.5 Å². The first-order valence-corrected chi connectivity index (χ1v) is 10.6. The van der Waals surface area contributed by atoms with Crippen molar-refractivity contribution in [2.24, 2.45) is 0 Å². The Labute approximate surface area is 182 Å². The van der Waals surface area contributed by atoms with E-state index in [4.69, 9.17) is 21.1 Å². The molecule has 162 valence electrons. The quantitative estimate of drug-likeness (QED) is 0.471. The number of non-ortho nitro benzene ring substituents is 1. The number of hydrogen-bond acceptors (Lipinski definition) is 6. The van der Waals surface area contributed by atoms with Gasteiger partial charge in [0.2, 0.25) is 0 Å². The molecule has 1 heterocycles. The highest BCUT2D eigenvalue weighted by Crippen LogP contribution is 2.40. The maximum absolute atomic E-state index is 11.3. The first kappa shape index (κ1) is 22.3. The lowest BCUT2D eigenvalue weighted by Gasteiger charge is -2.29. The van der Waals surface area contributed by atoms with E-state index in [0.717, 1.165) is 43.7 Å². The van der Waals surface area contributed by atoms with Crippen LogP contribution in [0, 0.1) is 10.1 Å². The summed E-state index contributed by atoms with van der Waals surface area (Å²) in [7, 11) is 1.63. The van der Waals surface area contributed by atoms with Crippen molar-refractivity contribution in [3.63, 3.8) is 0 Å². The van der Waals surface area contributed by atoms with Gasteiger partial charge in [0.05, 0.1) is 18.1 Å². The number of fused-ring (bicyclic) bond motifs is 1. The molecule has 0 fully saturated rings. The number of benzene rings is 2. The standard InChI is InChI=1S/C22H28ClN3O4/c1-4-25(5-2)10-11-30-21-14-17-15(12-20(21)29-3)8-9-24-22(17)18-13-16(26(27)28)6-7-19(18)23/h6-7,12-14,22,24H,4-5,8-11H2,1-3H3. The van der Waals surface area contributed by atoms with Gasteiger partial charge < -0.3 is 19.7 Å².